The summed E-state index contributed by atoms with van der Waals surface area (Å²) in [5.41, 5.74) is 4.51. The van der Waals surface area contributed by atoms with Crippen molar-refractivity contribution in [1.82, 2.24) is 19.3 Å². The molecule has 0 spiro atoms. The predicted molar refractivity (Wildman–Crippen MR) is 86.2 cm³/mol. The van der Waals surface area contributed by atoms with E-state index in [1.807, 2.05) is 22.9 Å². The first kappa shape index (κ1) is 13.6. The first-order valence-electron chi connectivity index (χ1n) is 6.73. The van der Waals surface area contributed by atoms with E-state index >= 15 is 0 Å². The molecule has 3 aromatic rings. The van der Waals surface area contributed by atoms with Gasteiger partial charge in [0, 0.05) is 16.3 Å². The maximum absolute atomic E-state index is 5.48. The zero-order chi connectivity index (χ0) is 14.4. The van der Waals surface area contributed by atoms with Gasteiger partial charge in [-0.05, 0) is 51.5 Å². The number of imidazole rings is 1. The molecular formula is C14H18N4S2. The molecule has 0 fully saturated rings. The summed E-state index contributed by atoms with van der Waals surface area (Å²) in [6.45, 7) is 10.1. The van der Waals surface area contributed by atoms with E-state index in [-0.39, 0.29) is 0 Å². The Hall–Kier alpha value is -1.40. The van der Waals surface area contributed by atoms with Crippen molar-refractivity contribution in [2.24, 2.45) is 0 Å². The summed E-state index contributed by atoms with van der Waals surface area (Å²) in [4.78, 5) is 6.00. The van der Waals surface area contributed by atoms with Crippen LogP contribution in [0.25, 0.3) is 11.2 Å². The Morgan fingerprint density at radius 1 is 1.35 bits per heavy atom. The molecule has 0 aliphatic carbocycles. The van der Waals surface area contributed by atoms with Gasteiger partial charge in [-0.1, -0.05) is 0 Å². The highest BCUT2D eigenvalue weighted by atomic mass is 32.1. The van der Waals surface area contributed by atoms with Gasteiger partial charge in [-0.25, -0.2) is 4.68 Å². The molecule has 0 aromatic carbocycles. The highest BCUT2D eigenvalue weighted by Gasteiger charge is 2.14. The lowest BCUT2D eigenvalue weighted by Gasteiger charge is -2.04. The third-order valence-corrected chi connectivity index (χ3v) is 5.12. The van der Waals surface area contributed by atoms with E-state index in [1.54, 1.807) is 0 Å². The van der Waals surface area contributed by atoms with Gasteiger partial charge >= 0.3 is 0 Å². The first-order chi connectivity index (χ1) is 9.51. The summed E-state index contributed by atoms with van der Waals surface area (Å²) in [5.74, 6) is 0. The predicted octanol–water partition coefficient (Wildman–Crippen LogP) is 3.95. The third-order valence-electron chi connectivity index (χ3n) is 3.66. The van der Waals surface area contributed by atoms with Gasteiger partial charge in [0.2, 0.25) is 0 Å². The number of fused-ring (bicyclic) bond motifs is 1. The number of thiophene rings is 1. The standard InChI is InChI=1S/C14H18N4S2/c1-5-18-13-12(9(3)16-18)15-14(19)17(13)7-11-6-8(2)10(4)20-11/h6H,5,7H2,1-4H3,(H,15,19). The third kappa shape index (κ3) is 2.03. The number of hydrogen-bond donors (Lipinski definition) is 1. The number of rotatable bonds is 3. The molecule has 0 bridgehead atoms. The smallest absolute Gasteiger partial charge is 0.179 e. The molecule has 0 atom stereocenters. The number of nitrogens with one attached hydrogen (secondary N) is 1. The Bertz CT molecular complexity index is 812. The molecule has 20 heavy (non-hydrogen) atoms. The Morgan fingerprint density at radius 2 is 2.10 bits per heavy atom. The average molecular weight is 306 g/mol. The minimum atomic E-state index is 0.770. The molecule has 3 aromatic heterocycles. The number of H-pyrrole nitrogens is 1. The molecule has 0 radical (unpaired) electrons. The molecule has 0 unspecified atom stereocenters. The summed E-state index contributed by atoms with van der Waals surface area (Å²) >= 11 is 7.32. The van der Waals surface area contributed by atoms with Crippen LogP contribution in [0.3, 0.4) is 0 Å². The summed E-state index contributed by atoms with van der Waals surface area (Å²) in [6, 6.07) is 2.25. The van der Waals surface area contributed by atoms with E-state index in [0.29, 0.717) is 0 Å². The van der Waals surface area contributed by atoms with E-state index in [9.17, 15) is 0 Å². The van der Waals surface area contributed by atoms with Crippen LogP contribution in [0.5, 0.6) is 0 Å². The van der Waals surface area contributed by atoms with Gasteiger partial charge in [-0.15, -0.1) is 11.3 Å². The minimum Gasteiger partial charge on any atom is -0.328 e. The number of aryl methyl sites for hydroxylation is 4. The van der Waals surface area contributed by atoms with Gasteiger partial charge in [0.1, 0.15) is 5.52 Å². The Labute approximate surface area is 127 Å². The second-order valence-corrected chi connectivity index (χ2v) is 6.80. The Morgan fingerprint density at radius 3 is 2.70 bits per heavy atom. The van der Waals surface area contributed by atoms with Gasteiger partial charge in [-0.3, -0.25) is 4.57 Å². The van der Waals surface area contributed by atoms with E-state index < -0.39 is 0 Å². The van der Waals surface area contributed by atoms with E-state index in [0.717, 1.165) is 34.7 Å². The fourth-order valence-corrected chi connectivity index (χ4v) is 3.81. The molecule has 3 heterocycles. The van der Waals surface area contributed by atoms with E-state index in [1.165, 1.54) is 15.3 Å². The average Bonchev–Trinajstić information content (AvgIpc) is 2.99. The number of aromatic nitrogens is 4. The fraction of sp³-hybridized carbons (Fsp3) is 0.429. The largest absolute Gasteiger partial charge is 0.328 e. The molecule has 0 saturated heterocycles. The van der Waals surface area contributed by atoms with Crippen LogP contribution in [0.2, 0.25) is 0 Å². The summed E-state index contributed by atoms with van der Waals surface area (Å²) in [6.07, 6.45) is 0. The quantitative estimate of drug-likeness (QED) is 0.744. The molecule has 4 nitrogen and oxygen atoms in total. The molecule has 6 heteroatoms. The molecule has 0 aliphatic rings. The molecule has 106 valence electrons. The lowest BCUT2D eigenvalue weighted by molar-refractivity contribution is 0.645. The van der Waals surface area contributed by atoms with Crippen molar-refractivity contribution in [2.45, 2.75) is 40.8 Å². The molecule has 1 N–H and O–H groups in total. The molecule has 3 rings (SSSR count). The van der Waals surface area contributed by atoms with Crippen molar-refractivity contribution in [3.63, 3.8) is 0 Å². The number of hydrogen-bond acceptors (Lipinski definition) is 3. The molecule has 0 aliphatic heterocycles. The topological polar surface area (TPSA) is 38.5 Å². The van der Waals surface area contributed by atoms with Crippen molar-refractivity contribution >= 4 is 34.7 Å². The van der Waals surface area contributed by atoms with Crippen molar-refractivity contribution in [3.05, 3.63) is 31.8 Å². The lowest BCUT2D eigenvalue weighted by Crippen LogP contribution is -2.05. The number of nitrogens with zero attached hydrogens (tertiary/aromatic N) is 3. The van der Waals surface area contributed by atoms with E-state index in [4.69, 9.17) is 12.2 Å². The molecular weight excluding hydrogens is 288 g/mol. The van der Waals surface area contributed by atoms with Crippen molar-refractivity contribution < 1.29 is 0 Å². The zero-order valence-corrected chi connectivity index (χ0v) is 13.8. The highest BCUT2D eigenvalue weighted by molar-refractivity contribution is 7.71. The van der Waals surface area contributed by atoms with Crippen LogP contribution < -0.4 is 0 Å². The van der Waals surface area contributed by atoms with Gasteiger partial charge < -0.3 is 4.98 Å². The van der Waals surface area contributed by atoms with Crippen LogP contribution in [0, 0.1) is 25.5 Å². The summed E-state index contributed by atoms with van der Waals surface area (Å²) < 4.78 is 4.94. The van der Waals surface area contributed by atoms with Crippen LogP contribution in [-0.2, 0) is 13.1 Å². The normalized spacial score (nSPS) is 11.6. The van der Waals surface area contributed by atoms with Gasteiger partial charge in [-0.2, -0.15) is 5.10 Å². The monoisotopic (exact) mass is 306 g/mol. The van der Waals surface area contributed by atoms with Crippen molar-refractivity contribution in [1.29, 1.82) is 0 Å². The fourth-order valence-electron chi connectivity index (χ4n) is 2.51. The Balaban J connectivity index is 2.15. The van der Waals surface area contributed by atoms with Gasteiger partial charge in [0.15, 0.2) is 10.4 Å². The van der Waals surface area contributed by atoms with Crippen LogP contribution in [0.4, 0.5) is 0 Å². The zero-order valence-electron chi connectivity index (χ0n) is 12.1. The number of aromatic amines is 1. The first-order valence-corrected chi connectivity index (χ1v) is 7.95. The second kappa shape index (κ2) is 4.86. The minimum absolute atomic E-state index is 0.770. The van der Waals surface area contributed by atoms with Crippen LogP contribution in [0.1, 0.15) is 27.9 Å². The van der Waals surface area contributed by atoms with Crippen LogP contribution in [-0.4, -0.2) is 19.3 Å². The van der Waals surface area contributed by atoms with Crippen LogP contribution in [0.15, 0.2) is 6.07 Å². The SMILES string of the molecule is CCn1nc(C)c2[nH]c(=S)n(Cc3cc(C)c(C)s3)c21. The summed E-state index contributed by atoms with van der Waals surface area (Å²) in [5, 5.41) is 4.56. The Kier molecular flexibility index (Phi) is 3.30. The maximum Gasteiger partial charge on any atom is 0.179 e. The lowest BCUT2D eigenvalue weighted by atomic mass is 10.3. The molecule has 0 saturated carbocycles. The van der Waals surface area contributed by atoms with Crippen molar-refractivity contribution in [3.8, 4) is 0 Å². The summed E-state index contributed by atoms with van der Waals surface area (Å²) in [7, 11) is 0. The van der Waals surface area contributed by atoms with Crippen molar-refractivity contribution in [2.75, 3.05) is 0 Å². The van der Waals surface area contributed by atoms with Gasteiger partial charge in [0.05, 0.1) is 12.2 Å². The molecule has 0 amide bonds. The van der Waals surface area contributed by atoms with Crippen LogP contribution >= 0.6 is 23.6 Å². The maximum atomic E-state index is 5.48. The van der Waals surface area contributed by atoms with E-state index in [2.05, 4.69) is 41.5 Å². The second-order valence-electron chi connectivity index (χ2n) is 5.07. The van der Waals surface area contributed by atoms with Gasteiger partial charge in [0.25, 0.3) is 0 Å². The highest BCUT2D eigenvalue weighted by Crippen LogP contribution is 2.24.